The van der Waals surface area contributed by atoms with Crippen molar-refractivity contribution >= 4 is 22.9 Å². The molecule has 27 heavy (non-hydrogen) atoms. The van der Waals surface area contributed by atoms with Crippen molar-refractivity contribution in [3.05, 3.63) is 79.9 Å². The van der Waals surface area contributed by atoms with Gasteiger partial charge in [0.15, 0.2) is 0 Å². The zero-order valence-corrected chi connectivity index (χ0v) is 16.6. The first-order chi connectivity index (χ1) is 13.2. The summed E-state index contributed by atoms with van der Waals surface area (Å²) in [4.78, 5) is 16.3. The molecule has 1 saturated heterocycles. The van der Waals surface area contributed by atoms with Crippen LogP contribution in [0.4, 0.5) is 0 Å². The fraction of sp³-hybridized carbons (Fsp3) is 0.318. The zero-order chi connectivity index (χ0) is 18.4. The van der Waals surface area contributed by atoms with Crippen LogP contribution in [-0.4, -0.2) is 17.7 Å². The summed E-state index contributed by atoms with van der Waals surface area (Å²) in [5, 5.41) is 2.85. The molecule has 4 heterocycles. The molecule has 2 aliphatic rings. The number of rotatable bonds is 3. The maximum absolute atomic E-state index is 13.2. The Morgan fingerprint density at radius 2 is 1.96 bits per heavy atom. The van der Waals surface area contributed by atoms with Gasteiger partial charge in [0.25, 0.3) is 5.56 Å². The summed E-state index contributed by atoms with van der Waals surface area (Å²) in [7, 11) is 0. The molecule has 3 atom stereocenters. The average Bonchev–Trinajstić information content (AvgIpc) is 3.16. The molecule has 0 saturated carbocycles. The third kappa shape index (κ3) is 3.27. The molecule has 1 unspecified atom stereocenters. The third-order valence-electron chi connectivity index (χ3n) is 5.96. The molecule has 3 nitrogen and oxygen atoms in total. The number of hydrogen-bond donors (Lipinski definition) is 1. The van der Waals surface area contributed by atoms with Crippen molar-refractivity contribution in [1.82, 2.24) is 4.57 Å². The fourth-order valence-corrected chi connectivity index (χ4v) is 5.72. The molecule has 1 fully saturated rings. The molecule has 0 aliphatic carbocycles. The molecule has 0 radical (unpaired) electrons. The predicted octanol–water partition coefficient (Wildman–Crippen LogP) is 3.43. The fourth-order valence-electron chi connectivity index (χ4n) is 4.82. The van der Waals surface area contributed by atoms with Gasteiger partial charge in [-0.3, -0.25) is 4.79 Å². The quantitative estimate of drug-likeness (QED) is 0.720. The van der Waals surface area contributed by atoms with Gasteiger partial charge in [0, 0.05) is 34.7 Å². The van der Waals surface area contributed by atoms with E-state index in [1.165, 1.54) is 17.0 Å². The van der Waals surface area contributed by atoms with Gasteiger partial charge in [-0.05, 0) is 47.7 Å². The molecule has 2 bridgehead atoms. The van der Waals surface area contributed by atoms with Crippen LogP contribution in [0.25, 0.3) is 11.1 Å². The van der Waals surface area contributed by atoms with Crippen LogP contribution in [0.1, 0.15) is 22.9 Å². The number of piperidine rings is 1. The number of benzene rings is 1. The Balaban J connectivity index is 1.46. The van der Waals surface area contributed by atoms with Crippen molar-refractivity contribution in [3.8, 4) is 11.1 Å². The van der Waals surface area contributed by atoms with Gasteiger partial charge in [-0.1, -0.05) is 29.8 Å². The summed E-state index contributed by atoms with van der Waals surface area (Å²) in [6.07, 6.45) is 1.22. The highest BCUT2D eigenvalue weighted by Crippen LogP contribution is 2.32. The first-order valence-electron chi connectivity index (χ1n) is 9.53. The Hall–Kier alpha value is -1.88. The number of thiophene rings is 1. The van der Waals surface area contributed by atoms with E-state index in [0.29, 0.717) is 16.9 Å². The summed E-state index contributed by atoms with van der Waals surface area (Å²) in [5.74, 6) is 1.07. The van der Waals surface area contributed by atoms with Crippen LogP contribution in [0, 0.1) is 5.92 Å². The van der Waals surface area contributed by atoms with Gasteiger partial charge in [0.1, 0.15) is 6.54 Å². The lowest BCUT2D eigenvalue weighted by Crippen LogP contribution is -3.13. The zero-order valence-electron chi connectivity index (χ0n) is 15.0. The van der Waals surface area contributed by atoms with E-state index in [1.54, 1.807) is 4.90 Å². The highest BCUT2D eigenvalue weighted by molar-refractivity contribution is 7.09. The average molecular weight is 398 g/mol. The predicted molar refractivity (Wildman–Crippen MR) is 111 cm³/mol. The molecular weight excluding hydrogens is 376 g/mol. The van der Waals surface area contributed by atoms with Crippen LogP contribution in [0.2, 0.25) is 5.02 Å². The van der Waals surface area contributed by atoms with Crippen LogP contribution in [0.3, 0.4) is 0 Å². The van der Waals surface area contributed by atoms with E-state index in [4.69, 9.17) is 11.6 Å². The number of aromatic nitrogens is 1. The lowest BCUT2D eigenvalue weighted by molar-refractivity contribution is -0.924. The van der Waals surface area contributed by atoms with Gasteiger partial charge in [-0.2, -0.15) is 0 Å². The van der Waals surface area contributed by atoms with Crippen molar-refractivity contribution in [2.75, 3.05) is 13.1 Å². The van der Waals surface area contributed by atoms with E-state index >= 15 is 0 Å². The standard InChI is InChI=1S/C22H21ClN2OS/c23-18-5-3-16(4-6-18)20-7-8-21-17-10-15(12-25(21)22(20)26)11-24(13-17)14-19-2-1-9-27-19/h1-9,15,17H,10-14H2/p+1/t15-,17+/m0/s1. The molecule has 1 N–H and O–H groups in total. The Kier molecular flexibility index (Phi) is 4.43. The molecule has 0 spiro atoms. The number of nitrogens with zero attached hydrogens (tertiary/aromatic N) is 1. The SMILES string of the molecule is O=c1c(-c2ccc(Cl)cc2)ccc2n1C[C@H]1C[C@@H]2C[NH+](Cc2cccs2)C1. The van der Waals surface area contributed by atoms with Gasteiger partial charge in [0.2, 0.25) is 0 Å². The second kappa shape index (κ2) is 6.93. The minimum atomic E-state index is 0.145. The number of fused-ring (bicyclic) bond motifs is 4. The molecule has 5 rings (SSSR count). The first kappa shape index (κ1) is 17.2. The molecule has 5 heteroatoms. The van der Waals surface area contributed by atoms with Gasteiger partial charge >= 0.3 is 0 Å². The normalized spacial score (nSPS) is 23.8. The summed E-state index contributed by atoms with van der Waals surface area (Å²) in [6.45, 7) is 4.23. The summed E-state index contributed by atoms with van der Waals surface area (Å²) >= 11 is 7.85. The second-order valence-corrected chi connectivity index (χ2v) is 9.28. The van der Waals surface area contributed by atoms with E-state index < -0.39 is 0 Å². The Morgan fingerprint density at radius 1 is 1.11 bits per heavy atom. The molecule has 2 aromatic heterocycles. The van der Waals surface area contributed by atoms with Crippen molar-refractivity contribution in [2.24, 2.45) is 5.92 Å². The van der Waals surface area contributed by atoms with Crippen LogP contribution < -0.4 is 10.5 Å². The lowest BCUT2D eigenvalue weighted by Gasteiger charge is -2.40. The Labute approximate surface area is 167 Å². The minimum Gasteiger partial charge on any atom is -0.330 e. The third-order valence-corrected chi connectivity index (χ3v) is 7.09. The lowest BCUT2D eigenvalue weighted by atomic mass is 9.82. The minimum absolute atomic E-state index is 0.145. The number of pyridine rings is 1. The largest absolute Gasteiger partial charge is 0.330 e. The highest BCUT2D eigenvalue weighted by Gasteiger charge is 2.37. The number of nitrogens with one attached hydrogen (secondary N) is 1. The van der Waals surface area contributed by atoms with Crippen molar-refractivity contribution in [2.45, 2.75) is 25.4 Å². The summed E-state index contributed by atoms with van der Waals surface area (Å²) in [6, 6.07) is 16.1. The smallest absolute Gasteiger partial charge is 0.258 e. The second-order valence-electron chi connectivity index (χ2n) is 7.81. The van der Waals surface area contributed by atoms with Gasteiger partial charge in [0.05, 0.1) is 18.0 Å². The first-order valence-corrected chi connectivity index (χ1v) is 10.8. The number of likely N-dealkylation sites (tertiary alicyclic amines) is 1. The monoisotopic (exact) mass is 397 g/mol. The van der Waals surface area contributed by atoms with Crippen molar-refractivity contribution < 1.29 is 4.90 Å². The van der Waals surface area contributed by atoms with Gasteiger partial charge in [-0.25, -0.2) is 0 Å². The van der Waals surface area contributed by atoms with E-state index in [9.17, 15) is 4.79 Å². The molecule has 1 aromatic carbocycles. The Bertz CT molecular complexity index is 1010. The van der Waals surface area contributed by atoms with Crippen molar-refractivity contribution in [1.29, 1.82) is 0 Å². The summed E-state index contributed by atoms with van der Waals surface area (Å²) < 4.78 is 2.05. The van der Waals surface area contributed by atoms with E-state index in [0.717, 1.165) is 37.3 Å². The molecule has 0 amide bonds. The number of halogens is 1. The van der Waals surface area contributed by atoms with Crippen LogP contribution in [0.15, 0.2) is 58.7 Å². The Morgan fingerprint density at radius 3 is 2.74 bits per heavy atom. The number of quaternary nitrogens is 1. The van der Waals surface area contributed by atoms with Crippen molar-refractivity contribution in [3.63, 3.8) is 0 Å². The van der Waals surface area contributed by atoms with E-state index in [2.05, 4.69) is 23.6 Å². The number of hydrogen-bond acceptors (Lipinski definition) is 2. The van der Waals surface area contributed by atoms with Gasteiger partial charge in [-0.15, -0.1) is 11.3 Å². The molecular formula is C22H22ClN2OS+. The van der Waals surface area contributed by atoms with Crippen LogP contribution in [0.5, 0.6) is 0 Å². The molecule has 138 valence electrons. The topological polar surface area (TPSA) is 26.4 Å². The van der Waals surface area contributed by atoms with Crippen LogP contribution >= 0.6 is 22.9 Å². The van der Waals surface area contributed by atoms with Gasteiger partial charge < -0.3 is 9.47 Å². The summed E-state index contributed by atoms with van der Waals surface area (Å²) in [5.41, 5.74) is 3.09. The highest BCUT2D eigenvalue weighted by atomic mass is 35.5. The van der Waals surface area contributed by atoms with E-state index in [1.807, 2.05) is 46.2 Å². The maximum Gasteiger partial charge on any atom is 0.258 e. The maximum atomic E-state index is 13.2. The molecule has 3 aromatic rings. The van der Waals surface area contributed by atoms with E-state index in [-0.39, 0.29) is 5.56 Å². The molecule has 2 aliphatic heterocycles. The van der Waals surface area contributed by atoms with Crippen LogP contribution in [-0.2, 0) is 13.1 Å².